The van der Waals surface area contributed by atoms with Crippen molar-refractivity contribution in [2.45, 2.75) is 13.5 Å². The van der Waals surface area contributed by atoms with Gasteiger partial charge in [0.15, 0.2) is 5.78 Å². The first-order valence-corrected chi connectivity index (χ1v) is 10.3. The summed E-state index contributed by atoms with van der Waals surface area (Å²) >= 11 is 0. The van der Waals surface area contributed by atoms with Gasteiger partial charge in [0.1, 0.15) is 5.56 Å². The van der Waals surface area contributed by atoms with Gasteiger partial charge in [-0.1, -0.05) is 72.3 Å². The van der Waals surface area contributed by atoms with Gasteiger partial charge in [-0.15, -0.1) is 0 Å². The molecule has 4 aromatic rings. The number of ketones is 1. The van der Waals surface area contributed by atoms with Gasteiger partial charge in [0.2, 0.25) is 0 Å². The first kappa shape index (κ1) is 21.0. The minimum atomic E-state index is -0.516. The van der Waals surface area contributed by atoms with Gasteiger partial charge in [-0.2, -0.15) is 0 Å². The van der Waals surface area contributed by atoms with Crippen molar-refractivity contribution in [1.29, 1.82) is 0 Å². The van der Waals surface area contributed by atoms with Crippen molar-refractivity contribution in [2.75, 3.05) is 5.32 Å². The van der Waals surface area contributed by atoms with Gasteiger partial charge < -0.3 is 9.88 Å². The van der Waals surface area contributed by atoms with Gasteiger partial charge in [-0.25, -0.2) is 0 Å². The van der Waals surface area contributed by atoms with Crippen LogP contribution in [0.15, 0.2) is 102 Å². The molecule has 3 aromatic carbocycles. The smallest absolute Gasteiger partial charge is 0.263 e. The lowest BCUT2D eigenvalue weighted by Gasteiger charge is -2.10. The Bertz CT molecular complexity index is 1340. The third kappa shape index (κ3) is 4.73. The Morgan fingerprint density at radius 1 is 0.812 bits per heavy atom. The number of hydrogen-bond donors (Lipinski definition) is 1. The van der Waals surface area contributed by atoms with E-state index in [-0.39, 0.29) is 16.9 Å². The zero-order valence-electron chi connectivity index (χ0n) is 17.6. The van der Waals surface area contributed by atoms with Gasteiger partial charge in [-0.05, 0) is 36.8 Å². The molecule has 0 saturated carbocycles. The Morgan fingerprint density at radius 2 is 1.56 bits per heavy atom. The minimum absolute atomic E-state index is 0.0416. The zero-order chi connectivity index (χ0) is 22.5. The molecular formula is C27H22N2O3. The predicted molar refractivity (Wildman–Crippen MR) is 125 cm³/mol. The van der Waals surface area contributed by atoms with Crippen molar-refractivity contribution in [3.8, 4) is 0 Å². The Hall–Kier alpha value is -4.25. The lowest BCUT2D eigenvalue weighted by molar-refractivity contribution is 0.101. The van der Waals surface area contributed by atoms with E-state index in [0.717, 1.165) is 11.1 Å². The molecule has 1 heterocycles. The fourth-order valence-corrected chi connectivity index (χ4v) is 3.53. The summed E-state index contributed by atoms with van der Waals surface area (Å²) in [4.78, 5) is 38.4. The van der Waals surface area contributed by atoms with Crippen LogP contribution in [0.4, 0.5) is 5.69 Å². The lowest BCUT2D eigenvalue weighted by Crippen LogP contribution is -2.29. The minimum Gasteiger partial charge on any atom is -0.322 e. The summed E-state index contributed by atoms with van der Waals surface area (Å²) in [7, 11) is 0. The standard InChI is InChI=1S/C27H22N2O3/c1-19-8-5-9-20(16-19)18-29-15-7-14-24(27(29)32)26(31)28-23-13-6-12-22(17-23)25(30)21-10-3-2-4-11-21/h2-17H,18H2,1H3,(H,28,31). The van der Waals surface area contributed by atoms with Crippen molar-refractivity contribution >= 4 is 17.4 Å². The molecule has 0 bridgehead atoms. The number of nitrogens with one attached hydrogen (secondary N) is 1. The molecule has 0 aliphatic rings. The normalized spacial score (nSPS) is 10.5. The fraction of sp³-hybridized carbons (Fsp3) is 0.0741. The number of aryl methyl sites for hydroxylation is 1. The summed E-state index contributed by atoms with van der Waals surface area (Å²) in [6.45, 7) is 2.37. The number of rotatable bonds is 6. The molecule has 5 nitrogen and oxygen atoms in total. The van der Waals surface area contributed by atoms with Crippen LogP contribution in [0.5, 0.6) is 0 Å². The molecule has 0 fully saturated rings. The molecule has 32 heavy (non-hydrogen) atoms. The summed E-state index contributed by atoms with van der Waals surface area (Å²) in [5.74, 6) is -0.653. The van der Waals surface area contributed by atoms with Gasteiger partial charge in [-0.3, -0.25) is 14.4 Å². The third-order valence-electron chi connectivity index (χ3n) is 5.12. The summed E-state index contributed by atoms with van der Waals surface area (Å²) in [5, 5.41) is 2.74. The highest BCUT2D eigenvalue weighted by Gasteiger charge is 2.14. The van der Waals surface area contributed by atoms with Crippen molar-refractivity contribution in [3.05, 3.63) is 135 Å². The van der Waals surface area contributed by atoms with Crippen LogP contribution < -0.4 is 10.9 Å². The van der Waals surface area contributed by atoms with E-state index in [1.54, 1.807) is 60.8 Å². The van der Waals surface area contributed by atoms with Crippen molar-refractivity contribution in [2.24, 2.45) is 0 Å². The molecule has 158 valence electrons. The van der Waals surface area contributed by atoms with Crippen molar-refractivity contribution in [3.63, 3.8) is 0 Å². The van der Waals surface area contributed by atoms with Crippen LogP contribution in [0.3, 0.4) is 0 Å². The third-order valence-corrected chi connectivity index (χ3v) is 5.12. The molecular weight excluding hydrogens is 400 g/mol. The summed E-state index contributed by atoms with van der Waals surface area (Å²) < 4.78 is 1.51. The SMILES string of the molecule is Cc1cccc(Cn2cccc(C(=O)Nc3cccc(C(=O)c4ccccc4)c3)c2=O)c1. The van der Waals surface area contributed by atoms with Crippen LogP contribution in [-0.2, 0) is 6.54 Å². The number of aromatic nitrogens is 1. The Kier molecular flexibility index (Phi) is 6.08. The first-order chi connectivity index (χ1) is 15.5. The van der Waals surface area contributed by atoms with Crippen LogP contribution in [-0.4, -0.2) is 16.3 Å². The van der Waals surface area contributed by atoms with Crippen molar-refractivity contribution in [1.82, 2.24) is 4.57 Å². The lowest BCUT2D eigenvalue weighted by atomic mass is 10.0. The molecule has 1 N–H and O–H groups in total. The Labute approximate surface area is 186 Å². The van der Waals surface area contributed by atoms with E-state index in [1.165, 1.54) is 10.6 Å². The van der Waals surface area contributed by atoms with E-state index in [1.807, 2.05) is 37.3 Å². The molecule has 1 amide bonds. The van der Waals surface area contributed by atoms with E-state index in [9.17, 15) is 14.4 Å². The number of pyridine rings is 1. The van der Waals surface area contributed by atoms with E-state index in [2.05, 4.69) is 5.32 Å². The number of amides is 1. The van der Waals surface area contributed by atoms with E-state index in [0.29, 0.717) is 23.4 Å². The number of carbonyl (C=O) groups is 2. The average Bonchev–Trinajstić information content (AvgIpc) is 2.81. The summed E-state index contributed by atoms with van der Waals surface area (Å²) in [6.07, 6.45) is 1.67. The Morgan fingerprint density at radius 3 is 2.34 bits per heavy atom. The van der Waals surface area contributed by atoms with Crippen LogP contribution in [0.25, 0.3) is 0 Å². The molecule has 0 saturated heterocycles. The summed E-state index contributed by atoms with van der Waals surface area (Å²) in [6, 6.07) is 26.7. The fourth-order valence-electron chi connectivity index (χ4n) is 3.53. The van der Waals surface area contributed by atoms with E-state index in [4.69, 9.17) is 0 Å². The number of nitrogens with zero attached hydrogens (tertiary/aromatic N) is 1. The topological polar surface area (TPSA) is 68.2 Å². The predicted octanol–water partition coefficient (Wildman–Crippen LogP) is 4.69. The van der Waals surface area contributed by atoms with E-state index >= 15 is 0 Å². The number of hydrogen-bond acceptors (Lipinski definition) is 3. The number of carbonyl (C=O) groups excluding carboxylic acids is 2. The van der Waals surface area contributed by atoms with Crippen LogP contribution >= 0.6 is 0 Å². The molecule has 0 aliphatic carbocycles. The van der Waals surface area contributed by atoms with Crippen LogP contribution in [0.1, 0.15) is 37.4 Å². The monoisotopic (exact) mass is 422 g/mol. The van der Waals surface area contributed by atoms with E-state index < -0.39 is 5.91 Å². The maximum Gasteiger partial charge on any atom is 0.263 e. The van der Waals surface area contributed by atoms with Crippen LogP contribution in [0, 0.1) is 6.92 Å². The molecule has 0 atom stereocenters. The van der Waals surface area contributed by atoms with Gasteiger partial charge >= 0.3 is 0 Å². The molecule has 0 radical (unpaired) electrons. The first-order valence-electron chi connectivity index (χ1n) is 10.3. The maximum absolute atomic E-state index is 12.9. The summed E-state index contributed by atoms with van der Waals surface area (Å²) in [5.41, 5.74) is 3.23. The molecule has 0 spiro atoms. The average molecular weight is 422 g/mol. The largest absolute Gasteiger partial charge is 0.322 e. The number of benzene rings is 3. The molecule has 4 rings (SSSR count). The zero-order valence-corrected chi connectivity index (χ0v) is 17.6. The molecule has 0 unspecified atom stereocenters. The second-order valence-electron chi connectivity index (χ2n) is 7.57. The second kappa shape index (κ2) is 9.27. The highest BCUT2D eigenvalue weighted by molar-refractivity contribution is 6.10. The highest BCUT2D eigenvalue weighted by Crippen LogP contribution is 2.16. The van der Waals surface area contributed by atoms with Crippen molar-refractivity contribution < 1.29 is 9.59 Å². The van der Waals surface area contributed by atoms with Gasteiger partial charge in [0.25, 0.3) is 11.5 Å². The number of anilines is 1. The Balaban J connectivity index is 1.55. The van der Waals surface area contributed by atoms with Gasteiger partial charge in [0.05, 0.1) is 6.54 Å². The molecule has 0 aliphatic heterocycles. The maximum atomic E-state index is 12.9. The molecule has 1 aromatic heterocycles. The van der Waals surface area contributed by atoms with Gasteiger partial charge in [0, 0.05) is 23.0 Å². The quantitative estimate of drug-likeness (QED) is 0.459. The highest BCUT2D eigenvalue weighted by atomic mass is 16.2. The second-order valence-corrected chi connectivity index (χ2v) is 7.57. The molecule has 5 heteroatoms. The van der Waals surface area contributed by atoms with Crippen LogP contribution in [0.2, 0.25) is 0 Å².